The third-order valence-corrected chi connectivity index (χ3v) is 7.17. The number of amides is 2. The number of carbonyl (C=O) groups excluding carboxylic acids is 2. The molecule has 1 N–H and O–H groups in total. The Morgan fingerprint density at radius 3 is 2.58 bits per heavy atom. The molecule has 2 aromatic heterocycles. The van der Waals surface area contributed by atoms with Gasteiger partial charge in [0, 0.05) is 31.0 Å². The maximum atomic E-state index is 13.8. The van der Waals surface area contributed by atoms with Crippen molar-refractivity contribution in [2.24, 2.45) is 0 Å². The maximum Gasteiger partial charge on any atom is 0.259 e. The fourth-order valence-electron chi connectivity index (χ4n) is 4.56. The molecule has 0 spiro atoms. The van der Waals surface area contributed by atoms with Gasteiger partial charge in [0.2, 0.25) is 0 Å². The van der Waals surface area contributed by atoms with E-state index in [9.17, 15) is 14.0 Å². The minimum atomic E-state index is -0.500. The molecule has 0 radical (unpaired) electrons. The summed E-state index contributed by atoms with van der Waals surface area (Å²) in [7, 11) is 1.39. The van der Waals surface area contributed by atoms with Gasteiger partial charge in [-0.1, -0.05) is 12.1 Å². The van der Waals surface area contributed by atoms with Crippen LogP contribution < -0.4 is 10.1 Å². The van der Waals surface area contributed by atoms with Crippen LogP contribution in [-0.2, 0) is 0 Å². The van der Waals surface area contributed by atoms with Crippen molar-refractivity contribution in [2.75, 3.05) is 25.5 Å². The molecule has 2 amide bonds. The SMILES string of the molecule is COc1cc(F)c(Br)cc1C(=O)Nc1ccc(C2CCN(C(=O)c3ccc4cncn4c3)CC2)cc1. The number of halogens is 2. The lowest BCUT2D eigenvalue weighted by Crippen LogP contribution is -2.38. The fraction of sp³-hybridized carbons (Fsp3) is 0.222. The standard InChI is InChI=1S/C27H24BrFN4O3/c1-36-25-13-24(29)23(28)12-22(25)26(34)31-20-5-2-17(3-6-20)18-8-10-32(11-9-18)27(35)19-4-7-21-14-30-16-33(21)15-19/h2-7,12-16,18H,8-11H2,1H3,(H,31,34). The number of carbonyl (C=O) groups is 2. The molecule has 1 aliphatic heterocycles. The Hall–Kier alpha value is -3.72. The lowest BCUT2D eigenvalue weighted by Gasteiger charge is -2.32. The van der Waals surface area contributed by atoms with Crippen LogP contribution in [0.15, 0.2) is 71.7 Å². The van der Waals surface area contributed by atoms with Crippen molar-refractivity contribution in [1.29, 1.82) is 0 Å². The van der Waals surface area contributed by atoms with Gasteiger partial charge in [-0.3, -0.25) is 9.59 Å². The maximum absolute atomic E-state index is 13.8. The number of nitrogens with one attached hydrogen (secondary N) is 1. The van der Waals surface area contributed by atoms with Crippen molar-refractivity contribution < 1.29 is 18.7 Å². The molecule has 1 saturated heterocycles. The van der Waals surface area contributed by atoms with E-state index in [1.54, 1.807) is 12.5 Å². The van der Waals surface area contributed by atoms with Crippen molar-refractivity contribution in [3.05, 3.63) is 94.2 Å². The smallest absolute Gasteiger partial charge is 0.259 e. The first-order chi connectivity index (χ1) is 17.4. The van der Waals surface area contributed by atoms with Gasteiger partial charge in [-0.25, -0.2) is 9.37 Å². The highest BCUT2D eigenvalue weighted by Crippen LogP contribution is 2.30. The van der Waals surface area contributed by atoms with E-state index in [1.807, 2.05) is 51.9 Å². The summed E-state index contributed by atoms with van der Waals surface area (Å²) in [6.45, 7) is 1.37. The molecule has 4 aromatic rings. The predicted molar refractivity (Wildman–Crippen MR) is 138 cm³/mol. The number of hydrogen-bond donors (Lipinski definition) is 1. The van der Waals surface area contributed by atoms with E-state index in [-0.39, 0.29) is 27.6 Å². The lowest BCUT2D eigenvalue weighted by molar-refractivity contribution is 0.0712. The van der Waals surface area contributed by atoms with Gasteiger partial charge in [0.15, 0.2) is 0 Å². The number of rotatable bonds is 5. The molecule has 0 saturated carbocycles. The average Bonchev–Trinajstić information content (AvgIpc) is 3.38. The van der Waals surface area contributed by atoms with E-state index in [0.29, 0.717) is 30.3 Å². The monoisotopic (exact) mass is 550 g/mol. The van der Waals surface area contributed by atoms with Crippen LogP contribution in [-0.4, -0.2) is 46.3 Å². The summed E-state index contributed by atoms with van der Waals surface area (Å²) in [5, 5.41) is 2.84. The topological polar surface area (TPSA) is 75.9 Å². The Bertz CT molecular complexity index is 1430. The van der Waals surface area contributed by atoms with Gasteiger partial charge >= 0.3 is 0 Å². The molecule has 0 unspecified atom stereocenters. The summed E-state index contributed by atoms with van der Waals surface area (Å²) in [5.41, 5.74) is 3.65. The Morgan fingerprint density at radius 2 is 1.86 bits per heavy atom. The molecule has 0 aliphatic carbocycles. The summed E-state index contributed by atoms with van der Waals surface area (Å²) in [6, 6.07) is 14.0. The van der Waals surface area contributed by atoms with Gasteiger partial charge in [-0.05, 0) is 70.6 Å². The van der Waals surface area contributed by atoms with Crippen LogP contribution in [0.25, 0.3) is 5.52 Å². The number of imidazole rings is 1. The van der Waals surface area contributed by atoms with E-state index in [2.05, 4.69) is 26.2 Å². The van der Waals surface area contributed by atoms with Crippen LogP contribution in [0, 0.1) is 5.82 Å². The van der Waals surface area contributed by atoms with Crippen molar-refractivity contribution in [2.45, 2.75) is 18.8 Å². The van der Waals surface area contributed by atoms with Gasteiger partial charge in [0.25, 0.3) is 11.8 Å². The van der Waals surface area contributed by atoms with E-state index in [0.717, 1.165) is 18.4 Å². The fourth-order valence-corrected chi connectivity index (χ4v) is 4.90. The van der Waals surface area contributed by atoms with Crippen molar-refractivity contribution >= 4 is 38.9 Å². The second-order valence-electron chi connectivity index (χ2n) is 8.75. The molecule has 1 aliphatic rings. The molecular weight excluding hydrogens is 527 g/mol. The van der Waals surface area contributed by atoms with Gasteiger partial charge in [-0.15, -0.1) is 0 Å². The Balaban J connectivity index is 1.20. The molecule has 0 bridgehead atoms. The molecule has 5 rings (SSSR count). The van der Waals surface area contributed by atoms with Gasteiger partial charge in [0.05, 0.1) is 40.8 Å². The first-order valence-electron chi connectivity index (χ1n) is 11.6. The second kappa shape index (κ2) is 10.1. The summed E-state index contributed by atoms with van der Waals surface area (Å²) >= 11 is 3.11. The molecule has 0 atom stereocenters. The third-order valence-electron chi connectivity index (χ3n) is 6.56. The molecule has 184 valence electrons. The molecule has 1 fully saturated rings. The zero-order chi connectivity index (χ0) is 25.2. The molecular formula is C27H24BrFN4O3. The summed E-state index contributed by atoms with van der Waals surface area (Å²) in [6.07, 6.45) is 7.01. The minimum absolute atomic E-state index is 0.0324. The zero-order valence-electron chi connectivity index (χ0n) is 19.6. The average molecular weight is 551 g/mol. The second-order valence-corrected chi connectivity index (χ2v) is 9.61. The van der Waals surface area contributed by atoms with Crippen LogP contribution in [0.2, 0.25) is 0 Å². The van der Waals surface area contributed by atoms with E-state index in [1.165, 1.54) is 24.8 Å². The number of ether oxygens (including phenoxy) is 1. The van der Waals surface area contributed by atoms with Crippen molar-refractivity contribution in [3.63, 3.8) is 0 Å². The molecule has 3 heterocycles. The van der Waals surface area contributed by atoms with Crippen molar-refractivity contribution in [1.82, 2.24) is 14.3 Å². The van der Waals surface area contributed by atoms with E-state index < -0.39 is 5.82 Å². The summed E-state index contributed by atoms with van der Waals surface area (Å²) in [5.74, 6) is -0.357. The predicted octanol–water partition coefficient (Wildman–Crippen LogP) is 5.52. The molecule has 7 nitrogen and oxygen atoms in total. The number of anilines is 1. The van der Waals surface area contributed by atoms with E-state index in [4.69, 9.17) is 4.74 Å². The van der Waals surface area contributed by atoms with Crippen molar-refractivity contribution in [3.8, 4) is 5.75 Å². The lowest BCUT2D eigenvalue weighted by atomic mass is 9.89. The highest BCUT2D eigenvalue weighted by atomic mass is 79.9. The molecule has 9 heteroatoms. The molecule has 2 aromatic carbocycles. The highest BCUT2D eigenvalue weighted by Gasteiger charge is 2.25. The first-order valence-corrected chi connectivity index (χ1v) is 12.4. The summed E-state index contributed by atoms with van der Waals surface area (Å²) < 4.78 is 21.0. The van der Waals surface area contributed by atoms with Crippen LogP contribution in [0.5, 0.6) is 5.75 Å². The number of methoxy groups -OCH3 is 1. The number of aromatic nitrogens is 2. The zero-order valence-corrected chi connectivity index (χ0v) is 21.2. The van der Waals surface area contributed by atoms with Gasteiger partial charge in [-0.2, -0.15) is 0 Å². The normalized spacial score (nSPS) is 14.1. The first kappa shape index (κ1) is 24.0. The van der Waals surface area contributed by atoms with E-state index >= 15 is 0 Å². The number of piperidine rings is 1. The third kappa shape index (κ3) is 4.83. The summed E-state index contributed by atoms with van der Waals surface area (Å²) in [4.78, 5) is 31.7. The van der Waals surface area contributed by atoms with Gasteiger partial charge in [0.1, 0.15) is 11.6 Å². The Labute approximate surface area is 216 Å². The number of likely N-dealkylation sites (tertiary alicyclic amines) is 1. The quantitative estimate of drug-likeness (QED) is 0.355. The Kier molecular flexibility index (Phi) is 6.73. The van der Waals surface area contributed by atoms with Crippen LogP contribution in [0.4, 0.5) is 10.1 Å². The minimum Gasteiger partial charge on any atom is -0.496 e. The van der Waals surface area contributed by atoms with Crippen LogP contribution in [0.1, 0.15) is 45.0 Å². The molecule has 36 heavy (non-hydrogen) atoms. The van der Waals surface area contributed by atoms with Gasteiger partial charge < -0.3 is 19.4 Å². The number of hydrogen-bond acceptors (Lipinski definition) is 4. The highest BCUT2D eigenvalue weighted by molar-refractivity contribution is 9.10. The number of pyridine rings is 1. The number of benzene rings is 2. The number of fused-ring (bicyclic) bond motifs is 1. The Morgan fingerprint density at radius 1 is 1.11 bits per heavy atom. The van der Waals surface area contributed by atoms with Crippen LogP contribution in [0.3, 0.4) is 0 Å². The largest absolute Gasteiger partial charge is 0.496 e. The van der Waals surface area contributed by atoms with Crippen LogP contribution >= 0.6 is 15.9 Å². The number of nitrogens with zero attached hydrogens (tertiary/aromatic N) is 3.